The zero-order chi connectivity index (χ0) is 14.0. The molecule has 1 atom stereocenters. The lowest BCUT2D eigenvalue weighted by Gasteiger charge is -2.02. The molecule has 19 heavy (non-hydrogen) atoms. The molecule has 0 saturated heterocycles. The molecule has 1 unspecified atom stereocenters. The van der Waals surface area contributed by atoms with E-state index in [0.717, 1.165) is 0 Å². The van der Waals surface area contributed by atoms with Gasteiger partial charge in [0.15, 0.2) is 11.6 Å². The fourth-order valence-corrected chi connectivity index (χ4v) is 1.49. The van der Waals surface area contributed by atoms with Crippen LogP contribution >= 0.6 is 0 Å². The van der Waals surface area contributed by atoms with Crippen molar-refractivity contribution in [2.45, 2.75) is 13.0 Å². The monoisotopic (exact) mass is 265 g/mol. The topological polar surface area (TPSA) is 112 Å². The molecule has 8 heteroatoms. The SMILES string of the molecule is COc1ccc(-c2nc(C(C)O)no2)cc1[N+](=O)[O-]. The van der Waals surface area contributed by atoms with Crippen molar-refractivity contribution < 1.29 is 19.3 Å². The van der Waals surface area contributed by atoms with Gasteiger partial charge in [-0.05, 0) is 19.1 Å². The van der Waals surface area contributed by atoms with Gasteiger partial charge in [0.2, 0.25) is 0 Å². The maximum absolute atomic E-state index is 10.9. The van der Waals surface area contributed by atoms with Crippen LogP contribution in [-0.4, -0.2) is 27.3 Å². The molecule has 8 nitrogen and oxygen atoms in total. The molecule has 0 saturated carbocycles. The molecule has 0 amide bonds. The Labute approximate surface area is 107 Å². The first-order chi connectivity index (χ1) is 9.02. The summed E-state index contributed by atoms with van der Waals surface area (Å²) in [7, 11) is 1.35. The molecule has 1 aromatic heterocycles. The van der Waals surface area contributed by atoms with E-state index >= 15 is 0 Å². The highest BCUT2D eigenvalue weighted by Gasteiger charge is 2.19. The molecule has 0 aliphatic heterocycles. The van der Waals surface area contributed by atoms with E-state index < -0.39 is 11.0 Å². The molecule has 1 heterocycles. The Morgan fingerprint density at radius 3 is 2.79 bits per heavy atom. The maximum atomic E-state index is 10.9. The standard InChI is InChI=1S/C11H11N3O5/c1-6(15)10-12-11(19-13-10)7-3-4-9(18-2)8(5-7)14(16)17/h3-6,15H,1-2H3. The Bertz CT molecular complexity index is 608. The van der Waals surface area contributed by atoms with Gasteiger partial charge in [-0.1, -0.05) is 5.16 Å². The number of nitro benzene ring substituents is 1. The third kappa shape index (κ3) is 2.52. The summed E-state index contributed by atoms with van der Waals surface area (Å²) in [6, 6.07) is 4.28. The molecule has 0 aliphatic rings. The van der Waals surface area contributed by atoms with E-state index in [9.17, 15) is 15.2 Å². The Morgan fingerprint density at radius 1 is 1.53 bits per heavy atom. The number of nitro groups is 1. The minimum Gasteiger partial charge on any atom is -0.490 e. The Hall–Kier alpha value is -2.48. The number of nitrogens with zero attached hydrogens (tertiary/aromatic N) is 3. The average Bonchev–Trinajstić information content (AvgIpc) is 2.87. The van der Waals surface area contributed by atoms with Crippen molar-refractivity contribution in [3.8, 4) is 17.2 Å². The summed E-state index contributed by atoms with van der Waals surface area (Å²) in [5.74, 6) is 0.360. The van der Waals surface area contributed by atoms with Gasteiger partial charge in [0.1, 0.15) is 6.10 Å². The second kappa shape index (κ2) is 5.02. The normalized spacial score (nSPS) is 12.2. The summed E-state index contributed by atoms with van der Waals surface area (Å²) in [6.45, 7) is 1.49. The highest BCUT2D eigenvalue weighted by molar-refractivity contribution is 5.62. The molecule has 2 aromatic rings. The van der Waals surface area contributed by atoms with Gasteiger partial charge < -0.3 is 14.4 Å². The Morgan fingerprint density at radius 2 is 2.26 bits per heavy atom. The molecule has 100 valence electrons. The largest absolute Gasteiger partial charge is 0.490 e. The van der Waals surface area contributed by atoms with Gasteiger partial charge in [0, 0.05) is 11.6 Å². The minimum atomic E-state index is -0.870. The highest BCUT2D eigenvalue weighted by Crippen LogP contribution is 2.31. The van der Waals surface area contributed by atoms with Crippen LogP contribution in [0, 0.1) is 10.1 Å². The van der Waals surface area contributed by atoms with Crippen LogP contribution in [0.1, 0.15) is 18.9 Å². The number of aliphatic hydroxyl groups is 1. The second-order valence-corrected chi connectivity index (χ2v) is 3.78. The van der Waals surface area contributed by atoms with Crippen molar-refractivity contribution in [2.75, 3.05) is 7.11 Å². The Kier molecular flexibility index (Phi) is 3.43. The number of ether oxygens (including phenoxy) is 1. The quantitative estimate of drug-likeness (QED) is 0.661. The Balaban J connectivity index is 2.44. The summed E-state index contributed by atoms with van der Waals surface area (Å²) in [4.78, 5) is 14.3. The van der Waals surface area contributed by atoms with E-state index in [4.69, 9.17) is 9.26 Å². The zero-order valence-electron chi connectivity index (χ0n) is 10.2. The predicted octanol–water partition coefficient (Wildman–Crippen LogP) is 1.71. The van der Waals surface area contributed by atoms with Gasteiger partial charge in [0.25, 0.3) is 5.89 Å². The fraction of sp³-hybridized carbons (Fsp3) is 0.273. The average molecular weight is 265 g/mol. The first-order valence-corrected chi connectivity index (χ1v) is 5.37. The molecule has 0 spiro atoms. The number of methoxy groups -OCH3 is 1. The van der Waals surface area contributed by atoms with Crippen LogP contribution in [0.15, 0.2) is 22.7 Å². The van der Waals surface area contributed by atoms with Crippen LogP contribution in [0.5, 0.6) is 5.75 Å². The first kappa shape index (κ1) is 13.0. The third-order valence-corrected chi connectivity index (χ3v) is 2.44. The molecule has 1 aromatic carbocycles. The van der Waals surface area contributed by atoms with E-state index in [-0.39, 0.29) is 23.2 Å². The molecule has 0 bridgehead atoms. The molecule has 2 rings (SSSR count). The van der Waals surface area contributed by atoms with Gasteiger partial charge in [0.05, 0.1) is 12.0 Å². The number of benzene rings is 1. The maximum Gasteiger partial charge on any atom is 0.311 e. The van der Waals surface area contributed by atoms with Crippen LogP contribution in [0.25, 0.3) is 11.5 Å². The molecule has 1 N–H and O–H groups in total. The first-order valence-electron chi connectivity index (χ1n) is 5.37. The lowest BCUT2D eigenvalue weighted by molar-refractivity contribution is -0.385. The molecular weight excluding hydrogens is 254 g/mol. The number of aliphatic hydroxyl groups excluding tert-OH is 1. The van der Waals surface area contributed by atoms with Gasteiger partial charge in [-0.3, -0.25) is 10.1 Å². The third-order valence-electron chi connectivity index (χ3n) is 2.44. The summed E-state index contributed by atoms with van der Waals surface area (Å²) in [6.07, 6.45) is -0.870. The number of hydrogen-bond acceptors (Lipinski definition) is 7. The van der Waals surface area contributed by atoms with Crippen molar-refractivity contribution in [3.05, 3.63) is 34.1 Å². The lowest BCUT2D eigenvalue weighted by atomic mass is 10.2. The van der Waals surface area contributed by atoms with Crippen molar-refractivity contribution >= 4 is 5.69 Å². The summed E-state index contributed by atoms with van der Waals surface area (Å²) < 4.78 is 9.83. The highest BCUT2D eigenvalue weighted by atomic mass is 16.6. The second-order valence-electron chi connectivity index (χ2n) is 3.78. The van der Waals surface area contributed by atoms with Gasteiger partial charge >= 0.3 is 5.69 Å². The van der Waals surface area contributed by atoms with E-state index in [0.29, 0.717) is 5.56 Å². The van der Waals surface area contributed by atoms with Gasteiger partial charge in [-0.2, -0.15) is 4.98 Å². The predicted molar refractivity (Wildman–Crippen MR) is 63.6 cm³/mol. The van der Waals surface area contributed by atoms with Crippen molar-refractivity contribution in [2.24, 2.45) is 0 Å². The van der Waals surface area contributed by atoms with Crippen molar-refractivity contribution in [3.63, 3.8) is 0 Å². The molecule has 0 aliphatic carbocycles. The number of rotatable bonds is 4. The molecule has 0 radical (unpaired) electrons. The molecule has 0 fully saturated rings. The minimum absolute atomic E-state index is 0.0988. The smallest absolute Gasteiger partial charge is 0.311 e. The van der Waals surface area contributed by atoms with Crippen molar-refractivity contribution in [1.82, 2.24) is 10.1 Å². The number of hydrogen-bond donors (Lipinski definition) is 1. The van der Waals surface area contributed by atoms with Crippen LogP contribution < -0.4 is 4.74 Å². The number of aromatic nitrogens is 2. The van der Waals surface area contributed by atoms with E-state index in [1.165, 1.54) is 26.2 Å². The summed E-state index contributed by atoms with van der Waals surface area (Å²) >= 11 is 0. The van der Waals surface area contributed by atoms with Crippen molar-refractivity contribution in [1.29, 1.82) is 0 Å². The van der Waals surface area contributed by atoms with Gasteiger partial charge in [-0.15, -0.1) is 0 Å². The van der Waals surface area contributed by atoms with E-state index in [1.54, 1.807) is 6.07 Å². The summed E-state index contributed by atoms with van der Waals surface area (Å²) in [5.41, 5.74) is 0.184. The van der Waals surface area contributed by atoms with Gasteiger partial charge in [-0.25, -0.2) is 0 Å². The van der Waals surface area contributed by atoms with Crippen LogP contribution in [-0.2, 0) is 0 Å². The van der Waals surface area contributed by atoms with Crippen LogP contribution in [0.2, 0.25) is 0 Å². The zero-order valence-corrected chi connectivity index (χ0v) is 10.2. The van der Waals surface area contributed by atoms with E-state index in [2.05, 4.69) is 10.1 Å². The fourth-order valence-electron chi connectivity index (χ4n) is 1.49. The lowest BCUT2D eigenvalue weighted by Crippen LogP contribution is -1.95. The van der Waals surface area contributed by atoms with Crippen LogP contribution in [0.4, 0.5) is 5.69 Å². The molecular formula is C11H11N3O5. The van der Waals surface area contributed by atoms with Crippen LogP contribution in [0.3, 0.4) is 0 Å². The van der Waals surface area contributed by atoms with E-state index in [1.807, 2.05) is 0 Å². The summed E-state index contributed by atoms with van der Waals surface area (Å²) in [5, 5.41) is 23.8.